The van der Waals surface area contributed by atoms with E-state index in [9.17, 15) is 5.11 Å². The highest BCUT2D eigenvalue weighted by Crippen LogP contribution is 2.35. The standard InChI is InChI=1S/C17H18O3/c1-4-17(18,13-5-9-15(19-2)10-6-13)14-7-11-16(20-3)12-8-14/h1,5-7,9-11,18H,8,12H2,2-3H3. The number of rotatable bonds is 4. The summed E-state index contributed by atoms with van der Waals surface area (Å²) in [5, 5.41) is 10.8. The van der Waals surface area contributed by atoms with Gasteiger partial charge in [0.2, 0.25) is 0 Å². The van der Waals surface area contributed by atoms with Crippen LogP contribution in [0.5, 0.6) is 5.75 Å². The van der Waals surface area contributed by atoms with Gasteiger partial charge < -0.3 is 14.6 Å². The normalized spacial score (nSPS) is 17.3. The molecule has 0 amide bonds. The van der Waals surface area contributed by atoms with E-state index in [-0.39, 0.29) is 0 Å². The maximum absolute atomic E-state index is 10.8. The first-order chi connectivity index (χ1) is 9.63. The molecule has 3 heteroatoms. The Labute approximate surface area is 119 Å². The van der Waals surface area contributed by atoms with Crippen LogP contribution in [0.4, 0.5) is 0 Å². The monoisotopic (exact) mass is 270 g/mol. The SMILES string of the molecule is C#CC(O)(C1=CC=C(OC)CC1)c1ccc(OC)cc1. The predicted molar refractivity (Wildman–Crippen MR) is 78.1 cm³/mol. The van der Waals surface area contributed by atoms with Crippen LogP contribution in [0.15, 0.2) is 47.7 Å². The van der Waals surface area contributed by atoms with Crippen LogP contribution in [-0.2, 0) is 10.3 Å². The zero-order valence-electron chi connectivity index (χ0n) is 11.7. The van der Waals surface area contributed by atoms with Crippen molar-refractivity contribution in [1.82, 2.24) is 0 Å². The molecule has 1 aliphatic carbocycles. The Morgan fingerprint density at radius 1 is 1.10 bits per heavy atom. The lowest BCUT2D eigenvalue weighted by molar-refractivity contribution is 0.134. The second-order valence-corrected chi connectivity index (χ2v) is 4.61. The number of methoxy groups -OCH3 is 2. The average molecular weight is 270 g/mol. The first kappa shape index (κ1) is 14.2. The maximum Gasteiger partial charge on any atom is 0.172 e. The van der Waals surface area contributed by atoms with Gasteiger partial charge in [0.25, 0.3) is 0 Å². The maximum atomic E-state index is 10.8. The van der Waals surface area contributed by atoms with Crippen molar-refractivity contribution in [3.8, 4) is 18.1 Å². The van der Waals surface area contributed by atoms with Crippen molar-refractivity contribution in [1.29, 1.82) is 0 Å². The van der Waals surface area contributed by atoms with E-state index < -0.39 is 5.60 Å². The number of hydrogen-bond donors (Lipinski definition) is 1. The number of ether oxygens (including phenoxy) is 2. The van der Waals surface area contributed by atoms with Crippen molar-refractivity contribution in [2.45, 2.75) is 18.4 Å². The lowest BCUT2D eigenvalue weighted by atomic mass is 9.82. The highest BCUT2D eigenvalue weighted by atomic mass is 16.5. The summed E-state index contributed by atoms with van der Waals surface area (Å²) < 4.78 is 10.3. The van der Waals surface area contributed by atoms with Crippen molar-refractivity contribution >= 4 is 0 Å². The van der Waals surface area contributed by atoms with Gasteiger partial charge in [-0.1, -0.05) is 24.1 Å². The largest absolute Gasteiger partial charge is 0.501 e. The summed E-state index contributed by atoms with van der Waals surface area (Å²) >= 11 is 0. The van der Waals surface area contributed by atoms with Gasteiger partial charge in [-0.2, -0.15) is 0 Å². The molecule has 0 heterocycles. The molecule has 104 valence electrons. The van der Waals surface area contributed by atoms with Crippen LogP contribution in [0.1, 0.15) is 18.4 Å². The molecule has 0 radical (unpaired) electrons. The highest BCUT2D eigenvalue weighted by Gasteiger charge is 2.32. The van der Waals surface area contributed by atoms with E-state index in [0.717, 1.165) is 23.5 Å². The first-order valence-corrected chi connectivity index (χ1v) is 6.43. The van der Waals surface area contributed by atoms with Gasteiger partial charge in [0.1, 0.15) is 5.75 Å². The predicted octanol–water partition coefficient (Wildman–Crippen LogP) is 2.77. The molecule has 20 heavy (non-hydrogen) atoms. The third kappa shape index (κ3) is 2.56. The van der Waals surface area contributed by atoms with Gasteiger partial charge in [-0.15, -0.1) is 6.42 Å². The zero-order chi connectivity index (χ0) is 14.6. The van der Waals surface area contributed by atoms with Gasteiger partial charge in [-0.3, -0.25) is 0 Å². The van der Waals surface area contributed by atoms with E-state index in [4.69, 9.17) is 15.9 Å². The lowest BCUT2D eigenvalue weighted by Crippen LogP contribution is -2.27. The van der Waals surface area contributed by atoms with E-state index in [1.165, 1.54) is 0 Å². The second kappa shape index (κ2) is 5.85. The summed E-state index contributed by atoms with van der Waals surface area (Å²) in [6.45, 7) is 0. The Kier molecular flexibility index (Phi) is 4.16. The Hall–Kier alpha value is -2.18. The molecule has 1 N–H and O–H groups in total. The second-order valence-electron chi connectivity index (χ2n) is 4.61. The van der Waals surface area contributed by atoms with Crippen LogP contribution >= 0.6 is 0 Å². The Bertz CT molecular complexity index is 575. The molecular formula is C17H18O3. The molecule has 0 bridgehead atoms. The molecule has 1 atom stereocenters. The van der Waals surface area contributed by atoms with Crippen LogP contribution in [0.3, 0.4) is 0 Å². The van der Waals surface area contributed by atoms with Crippen molar-refractivity contribution in [3.05, 3.63) is 53.3 Å². The van der Waals surface area contributed by atoms with E-state index in [1.807, 2.05) is 12.2 Å². The third-order valence-corrected chi connectivity index (χ3v) is 3.55. The van der Waals surface area contributed by atoms with Crippen LogP contribution in [-0.4, -0.2) is 19.3 Å². The van der Waals surface area contributed by atoms with Crippen LogP contribution in [0, 0.1) is 12.3 Å². The molecule has 2 rings (SSSR count). The molecule has 1 aliphatic rings. The summed E-state index contributed by atoms with van der Waals surface area (Å²) in [5.74, 6) is 4.13. The topological polar surface area (TPSA) is 38.7 Å². The van der Waals surface area contributed by atoms with Crippen LogP contribution < -0.4 is 4.74 Å². The number of allylic oxidation sites excluding steroid dienone is 3. The van der Waals surface area contributed by atoms with Gasteiger partial charge in [0.15, 0.2) is 5.60 Å². The van der Waals surface area contributed by atoms with Crippen molar-refractivity contribution in [3.63, 3.8) is 0 Å². The van der Waals surface area contributed by atoms with Crippen molar-refractivity contribution < 1.29 is 14.6 Å². The molecule has 1 unspecified atom stereocenters. The minimum absolute atomic E-state index is 0.668. The molecule has 0 saturated carbocycles. The third-order valence-electron chi connectivity index (χ3n) is 3.55. The number of benzene rings is 1. The summed E-state index contributed by atoms with van der Waals surface area (Å²) in [7, 11) is 3.24. The minimum atomic E-state index is -1.39. The Morgan fingerprint density at radius 3 is 2.25 bits per heavy atom. The van der Waals surface area contributed by atoms with Crippen molar-refractivity contribution in [2.24, 2.45) is 0 Å². The number of terminal acetylenes is 1. The fourth-order valence-corrected chi connectivity index (χ4v) is 2.28. The molecule has 3 nitrogen and oxygen atoms in total. The summed E-state index contributed by atoms with van der Waals surface area (Å²) in [6, 6.07) is 7.15. The summed E-state index contributed by atoms with van der Waals surface area (Å²) in [5.41, 5.74) is 0.0782. The fraction of sp³-hybridized carbons (Fsp3) is 0.294. The molecule has 1 aromatic carbocycles. The van der Waals surface area contributed by atoms with Gasteiger partial charge >= 0.3 is 0 Å². The summed E-state index contributed by atoms with van der Waals surface area (Å²) in [4.78, 5) is 0. The van der Waals surface area contributed by atoms with Crippen LogP contribution in [0.2, 0.25) is 0 Å². The van der Waals surface area contributed by atoms with Gasteiger partial charge in [-0.25, -0.2) is 0 Å². The van der Waals surface area contributed by atoms with Gasteiger partial charge in [0, 0.05) is 12.0 Å². The van der Waals surface area contributed by atoms with Crippen LogP contribution in [0.25, 0.3) is 0 Å². The highest BCUT2D eigenvalue weighted by molar-refractivity contribution is 5.45. The Balaban J connectivity index is 2.36. The number of aliphatic hydroxyl groups is 1. The molecule has 1 aromatic rings. The quantitative estimate of drug-likeness (QED) is 0.855. The molecule has 0 spiro atoms. The minimum Gasteiger partial charge on any atom is -0.501 e. The molecule has 0 saturated heterocycles. The lowest BCUT2D eigenvalue weighted by Gasteiger charge is -2.28. The Morgan fingerprint density at radius 2 is 1.80 bits per heavy atom. The smallest absolute Gasteiger partial charge is 0.172 e. The molecule has 0 aromatic heterocycles. The summed E-state index contributed by atoms with van der Waals surface area (Å²) in [6.07, 6.45) is 10.7. The first-order valence-electron chi connectivity index (χ1n) is 6.43. The molecule has 0 aliphatic heterocycles. The number of hydrogen-bond acceptors (Lipinski definition) is 3. The molecular weight excluding hydrogens is 252 g/mol. The van der Waals surface area contributed by atoms with Gasteiger partial charge in [-0.05, 0) is 30.2 Å². The molecule has 0 fully saturated rings. The fourth-order valence-electron chi connectivity index (χ4n) is 2.28. The van der Waals surface area contributed by atoms with E-state index in [0.29, 0.717) is 12.0 Å². The van der Waals surface area contributed by atoms with E-state index >= 15 is 0 Å². The zero-order valence-corrected chi connectivity index (χ0v) is 11.7. The average Bonchev–Trinajstić information content (AvgIpc) is 2.54. The van der Waals surface area contributed by atoms with Crippen molar-refractivity contribution in [2.75, 3.05) is 14.2 Å². The van der Waals surface area contributed by atoms with E-state index in [2.05, 4.69) is 5.92 Å². The van der Waals surface area contributed by atoms with Gasteiger partial charge in [0.05, 0.1) is 20.0 Å². The van der Waals surface area contributed by atoms with E-state index in [1.54, 1.807) is 38.5 Å².